The van der Waals surface area contributed by atoms with Gasteiger partial charge in [-0.3, -0.25) is 0 Å². The molecule has 5 atom stereocenters. The molecule has 0 aromatic heterocycles. The summed E-state index contributed by atoms with van der Waals surface area (Å²) in [6.45, 7) is 14.3. The monoisotopic (exact) mass is 239 g/mol. The van der Waals surface area contributed by atoms with Crippen LogP contribution < -0.4 is 5.32 Å². The molecule has 1 N–H and O–H groups in total. The first-order chi connectivity index (χ1) is 7.95. The van der Waals surface area contributed by atoms with Crippen molar-refractivity contribution in [1.82, 2.24) is 5.32 Å². The van der Waals surface area contributed by atoms with E-state index >= 15 is 0 Å². The van der Waals surface area contributed by atoms with Gasteiger partial charge in [-0.15, -0.1) is 0 Å². The Morgan fingerprint density at radius 3 is 2.18 bits per heavy atom. The highest BCUT2D eigenvalue weighted by Gasteiger charge is 2.28. The van der Waals surface area contributed by atoms with Crippen molar-refractivity contribution in [3.8, 4) is 0 Å². The van der Waals surface area contributed by atoms with Crippen LogP contribution in [0.5, 0.6) is 0 Å². The summed E-state index contributed by atoms with van der Waals surface area (Å²) in [6.07, 6.45) is 5.52. The smallest absolute Gasteiger partial charge is 0.00843 e. The average molecular weight is 239 g/mol. The van der Waals surface area contributed by atoms with E-state index in [2.05, 4.69) is 46.9 Å². The predicted molar refractivity (Wildman–Crippen MR) is 77.2 cm³/mol. The molecule has 1 aliphatic heterocycles. The molecule has 1 heteroatoms. The quantitative estimate of drug-likeness (QED) is 0.691. The molecule has 0 aromatic rings. The number of nitrogens with one attached hydrogen (secondary N) is 1. The second kappa shape index (κ2) is 6.78. The molecule has 1 rings (SSSR count). The van der Waals surface area contributed by atoms with Crippen molar-refractivity contribution in [3.63, 3.8) is 0 Å². The maximum atomic E-state index is 3.62. The lowest BCUT2D eigenvalue weighted by Gasteiger charge is -2.38. The van der Waals surface area contributed by atoms with Crippen LogP contribution in [0.1, 0.15) is 67.2 Å². The van der Waals surface area contributed by atoms with Gasteiger partial charge in [0.05, 0.1) is 0 Å². The number of rotatable bonds is 7. The van der Waals surface area contributed by atoms with Crippen LogP contribution >= 0.6 is 0 Å². The van der Waals surface area contributed by atoms with Crippen LogP contribution in [0.3, 0.4) is 0 Å². The maximum Gasteiger partial charge on any atom is 0.00843 e. The molecule has 17 heavy (non-hydrogen) atoms. The van der Waals surface area contributed by atoms with E-state index in [0.717, 1.165) is 35.8 Å². The van der Waals surface area contributed by atoms with Gasteiger partial charge >= 0.3 is 0 Å². The van der Waals surface area contributed by atoms with Crippen molar-refractivity contribution >= 4 is 0 Å². The summed E-state index contributed by atoms with van der Waals surface area (Å²) < 4.78 is 0. The normalized spacial score (nSPS) is 29.8. The Morgan fingerprint density at radius 2 is 1.76 bits per heavy atom. The highest BCUT2D eigenvalue weighted by molar-refractivity contribution is 4.86. The zero-order chi connectivity index (χ0) is 13.0. The molecule has 1 nitrogen and oxygen atoms in total. The maximum absolute atomic E-state index is 3.62. The molecule has 0 aliphatic carbocycles. The van der Waals surface area contributed by atoms with Crippen LogP contribution in [0, 0.1) is 23.7 Å². The minimum Gasteiger partial charge on any atom is -0.311 e. The lowest BCUT2D eigenvalue weighted by molar-refractivity contribution is 0.162. The Morgan fingerprint density at radius 1 is 1.18 bits per heavy atom. The van der Waals surface area contributed by atoms with Gasteiger partial charge in [-0.05, 0) is 49.9 Å². The molecule has 0 aromatic carbocycles. The predicted octanol–water partition coefficient (Wildman–Crippen LogP) is 4.47. The van der Waals surface area contributed by atoms with Gasteiger partial charge in [-0.2, -0.15) is 0 Å². The van der Waals surface area contributed by atoms with E-state index in [0.29, 0.717) is 0 Å². The molecule has 0 radical (unpaired) electrons. The lowest BCUT2D eigenvalue weighted by atomic mass is 9.73. The van der Waals surface area contributed by atoms with Gasteiger partial charge in [-0.1, -0.05) is 41.0 Å². The summed E-state index contributed by atoms with van der Waals surface area (Å²) in [7, 11) is 0. The van der Waals surface area contributed by atoms with Crippen LogP contribution in [-0.2, 0) is 0 Å². The van der Waals surface area contributed by atoms with Crippen LogP contribution in [0.25, 0.3) is 0 Å². The van der Waals surface area contributed by atoms with Crippen LogP contribution in [0.2, 0.25) is 0 Å². The van der Waals surface area contributed by atoms with Crippen molar-refractivity contribution in [2.24, 2.45) is 23.7 Å². The third-order valence-corrected chi connectivity index (χ3v) is 5.11. The fourth-order valence-electron chi connectivity index (χ4n) is 3.26. The van der Waals surface area contributed by atoms with Crippen molar-refractivity contribution in [1.29, 1.82) is 0 Å². The second-order valence-corrected chi connectivity index (χ2v) is 6.73. The Balaban J connectivity index is 2.40. The Kier molecular flexibility index (Phi) is 5.99. The lowest BCUT2D eigenvalue weighted by Crippen LogP contribution is -2.50. The van der Waals surface area contributed by atoms with Crippen molar-refractivity contribution < 1.29 is 0 Å². The van der Waals surface area contributed by atoms with E-state index in [-0.39, 0.29) is 0 Å². The topological polar surface area (TPSA) is 12.0 Å². The van der Waals surface area contributed by atoms with E-state index in [9.17, 15) is 0 Å². The third kappa shape index (κ3) is 4.28. The SMILES string of the molecule is CCC(C)C(CCC1CC(C)N1)C(C)C(C)C. The molecule has 1 fully saturated rings. The standard InChI is InChI=1S/C16H33N/c1-7-12(4)16(14(6)11(2)3)9-8-15-10-13(5)17-15/h11-17H,7-10H2,1-6H3. The van der Waals surface area contributed by atoms with Crippen LogP contribution in [0.15, 0.2) is 0 Å². The molecule has 1 aliphatic rings. The minimum atomic E-state index is 0.768. The van der Waals surface area contributed by atoms with Crippen molar-refractivity contribution in [2.75, 3.05) is 0 Å². The van der Waals surface area contributed by atoms with Gasteiger partial charge in [0.1, 0.15) is 0 Å². The summed E-state index contributed by atoms with van der Waals surface area (Å²) >= 11 is 0. The molecular formula is C16H33N. The summed E-state index contributed by atoms with van der Waals surface area (Å²) in [4.78, 5) is 0. The van der Waals surface area contributed by atoms with Gasteiger partial charge < -0.3 is 5.32 Å². The van der Waals surface area contributed by atoms with Crippen molar-refractivity contribution in [3.05, 3.63) is 0 Å². The largest absolute Gasteiger partial charge is 0.311 e. The fourth-order valence-corrected chi connectivity index (χ4v) is 3.26. The molecule has 0 amide bonds. The van der Waals surface area contributed by atoms with Gasteiger partial charge in [-0.25, -0.2) is 0 Å². The molecular weight excluding hydrogens is 206 g/mol. The first-order valence-corrected chi connectivity index (χ1v) is 7.71. The van der Waals surface area contributed by atoms with E-state index in [1.54, 1.807) is 0 Å². The minimum absolute atomic E-state index is 0.768. The van der Waals surface area contributed by atoms with Crippen LogP contribution in [-0.4, -0.2) is 12.1 Å². The Bertz CT molecular complexity index is 206. The van der Waals surface area contributed by atoms with Crippen LogP contribution in [0.4, 0.5) is 0 Å². The summed E-state index contributed by atoms with van der Waals surface area (Å²) in [6, 6.07) is 1.58. The zero-order valence-corrected chi connectivity index (χ0v) is 12.8. The molecule has 0 saturated carbocycles. The molecule has 102 valence electrons. The van der Waals surface area contributed by atoms with Gasteiger partial charge in [0.15, 0.2) is 0 Å². The average Bonchev–Trinajstić information content (AvgIpc) is 2.25. The summed E-state index contributed by atoms with van der Waals surface area (Å²) in [5.41, 5.74) is 0. The molecule has 0 spiro atoms. The molecule has 1 saturated heterocycles. The highest BCUT2D eigenvalue weighted by atomic mass is 15.0. The van der Waals surface area contributed by atoms with E-state index in [4.69, 9.17) is 0 Å². The third-order valence-electron chi connectivity index (χ3n) is 5.11. The molecule has 0 bridgehead atoms. The Labute approximate surface area is 109 Å². The highest BCUT2D eigenvalue weighted by Crippen LogP contribution is 2.34. The van der Waals surface area contributed by atoms with Gasteiger partial charge in [0.2, 0.25) is 0 Å². The fraction of sp³-hybridized carbons (Fsp3) is 1.00. The molecule has 5 unspecified atom stereocenters. The summed E-state index contributed by atoms with van der Waals surface area (Å²) in [5.74, 6) is 3.48. The van der Waals surface area contributed by atoms with Gasteiger partial charge in [0, 0.05) is 12.1 Å². The number of hydrogen-bond acceptors (Lipinski definition) is 1. The first kappa shape index (κ1) is 15.0. The van der Waals surface area contributed by atoms with Gasteiger partial charge in [0.25, 0.3) is 0 Å². The zero-order valence-electron chi connectivity index (χ0n) is 12.8. The van der Waals surface area contributed by atoms with E-state index < -0.39 is 0 Å². The molecule has 1 heterocycles. The summed E-state index contributed by atoms with van der Waals surface area (Å²) in [5, 5.41) is 3.62. The van der Waals surface area contributed by atoms with E-state index in [1.807, 2.05) is 0 Å². The van der Waals surface area contributed by atoms with E-state index in [1.165, 1.54) is 25.7 Å². The van der Waals surface area contributed by atoms with Crippen molar-refractivity contribution in [2.45, 2.75) is 79.3 Å². The first-order valence-electron chi connectivity index (χ1n) is 7.71. The Hall–Kier alpha value is -0.0400. The number of hydrogen-bond donors (Lipinski definition) is 1. The second-order valence-electron chi connectivity index (χ2n) is 6.73.